The first-order valence-corrected chi connectivity index (χ1v) is 3.52. The molecule has 4 heteroatoms. The Balaban J connectivity index is 0.000000720. The number of H-pyrrole nitrogens is 1. The van der Waals surface area contributed by atoms with Crippen molar-refractivity contribution < 1.29 is 0 Å². The number of hydrogen-bond acceptors (Lipinski definition) is 2. The molecule has 0 bridgehead atoms. The highest BCUT2D eigenvalue weighted by atomic mass is 35.5. The largest absolute Gasteiger partial charge is 0.360 e. The maximum absolute atomic E-state index is 5.52. The van der Waals surface area contributed by atoms with E-state index in [9.17, 15) is 0 Å². The predicted molar refractivity (Wildman–Crippen MR) is 51.2 cm³/mol. The monoisotopic (exact) mass is 183 g/mol. The second-order valence-electron chi connectivity index (χ2n) is 2.44. The van der Waals surface area contributed by atoms with E-state index in [1.165, 1.54) is 5.39 Å². The van der Waals surface area contributed by atoms with Crippen LogP contribution in [0.3, 0.4) is 0 Å². The van der Waals surface area contributed by atoms with Crippen LogP contribution in [0.25, 0.3) is 10.9 Å². The van der Waals surface area contributed by atoms with Gasteiger partial charge in [-0.3, -0.25) is 4.98 Å². The molecule has 2 aromatic rings. The lowest BCUT2D eigenvalue weighted by molar-refractivity contribution is 1.08. The molecule has 0 aliphatic carbocycles. The van der Waals surface area contributed by atoms with Crippen LogP contribution in [-0.2, 0) is 6.54 Å². The van der Waals surface area contributed by atoms with Crippen LogP contribution in [0, 0.1) is 0 Å². The van der Waals surface area contributed by atoms with Crippen molar-refractivity contribution >= 4 is 23.3 Å². The first-order valence-electron chi connectivity index (χ1n) is 3.52. The van der Waals surface area contributed by atoms with Gasteiger partial charge in [0.2, 0.25) is 0 Å². The summed E-state index contributed by atoms with van der Waals surface area (Å²) >= 11 is 0. The molecule has 2 heterocycles. The second kappa shape index (κ2) is 3.56. The van der Waals surface area contributed by atoms with Crippen molar-refractivity contribution in [2.75, 3.05) is 0 Å². The molecule has 2 aromatic heterocycles. The molecule has 0 radical (unpaired) electrons. The number of rotatable bonds is 1. The Morgan fingerprint density at radius 2 is 2.33 bits per heavy atom. The van der Waals surface area contributed by atoms with Gasteiger partial charge in [-0.05, 0) is 11.6 Å². The molecule has 0 amide bonds. The van der Waals surface area contributed by atoms with Crippen LogP contribution in [0.4, 0.5) is 0 Å². The lowest BCUT2D eigenvalue weighted by Gasteiger charge is -1.90. The Kier molecular flexibility index (Phi) is 2.68. The standard InChI is InChI=1S/C8H9N3.ClH/c9-3-6-4-11-8-5-10-2-1-7(6)8;/h1-2,4-5,11H,3,9H2;1H. The first-order chi connectivity index (χ1) is 5.42. The Hall–Kier alpha value is -1.06. The van der Waals surface area contributed by atoms with Crippen LogP contribution < -0.4 is 5.73 Å². The van der Waals surface area contributed by atoms with Gasteiger partial charge in [0.15, 0.2) is 0 Å². The Morgan fingerprint density at radius 1 is 1.50 bits per heavy atom. The highest BCUT2D eigenvalue weighted by molar-refractivity contribution is 5.85. The molecule has 0 aliphatic heterocycles. The van der Waals surface area contributed by atoms with Gasteiger partial charge in [0, 0.05) is 24.3 Å². The summed E-state index contributed by atoms with van der Waals surface area (Å²) in [6.45, 7) is 0.573. The number of aromatic amines is 1. The van der Waals surface area contributed by atoms with Gasteiger partial charge >= 0.3 is 0 Å². The molecule has 0 saturated heterocycles. The molecule has 12 heavy (non-hydrogen) atoms. The van der Waals surface area contributed by atoms with Crippen molar-refractivity contribution in [2.24, 2.45) is 5.73 Å². The van der Waals surface area contributed by atoms with E-state index in [2.05, 4.69) is 9.97 Å². The van der Waals surface area contributed by atoms with E-state index in [1.54, 1.807) is 12.4 Å². The van der Waals surface area contributed by atoms with Crippen molar-refractivity contribution in [3.63, 3.8) is 0 Å². The summed E-state index contributed by atoms with van der Waals surface area (Å²) in [5, 5.41) is 1.17. The van der Waals surface area contributed by atoms with E-state index in [-0.39, 0.29) is 12.4 Å². The topological polar surface area (TPSA) is 54.7 Å². The van der Waals surface area contributed by atoms with Gasteiger partial charge in [-0.15, -0.1) is 12.4 Å². The molecular weight excluding hydrogens is 174 g/mol. The highest BCUT2D eigenvalue weighted by Crippen LogP contribution is 2.15. The second-order valence-corrected chi connectivity index (χ2v) is 2.44. The fourth-order valence-corrected chi connectivity index (χ4v) is 1.20. The van der Waals surface area contributed by atoms with Gasteiger partial charge in [-0.1, -0.05) is 0 Å². The summed E-state index contributed by atoms with van der Waals surface area (Å²) in [5.41, 5.74) is 7.71. The van der Waals surface area contributed by atoms with Crippen LogP contribution in [-0.4, -0.2) is 9.97 Å². The summed E-state index contributed by atoms with van der Waals surface area (Å²) < 4.78 is 0. The molecule has 0 fully saturated rings. The van der Waals surface area contributed by atoms with Gasteiger partial charge in [-0.2, -0.15) is 0 Å². The van der Waals surface area contributed by atoms with Crippen LogP contribution in [0.5, 0.6) is 0 Å². The lowest BCUT2D eigenvalue weighted by Crippen LogP contribution is -1.93. The number of aromatic nitrogens is 2. The lowest BCUT2D eigenvalue weighted by atomic mass is 10.2. The first kappa shape index (κ1) is 9.03. The fraction of sp³-hybridized carbons (Fsp3) is 0.125. The maximum Gasteiger partial charge on any atom is 0.0643 e. The molecule has 0 aliphatic rings. The number of nitrogens with two attached hydrogens (primary N) is 1. The number of nitrogens with zero attached hydrogens (tertiary/aromatic N) is 1. The smallest absolute Gasteiger partial charge is 0.0643 e. The van der Waals surface area contributed by atoms with Gasteiger partial charge in [0.05, 0.1) is 11.7 Å². The highest BCUT2D eigenvalue weighted by Gasteiger charge is 1.98. The Labute approximate surface area is 76.4 Å². The van der Waals surface area contributed by atoms with Crippen molar-refractivity contribution in [2.45, 2.75) is 6.54 Å². The van der Waals surface area contributed by atoms with E-state index in [1.807, 2.05) is 12.3 Å². The average Bonchev–Trinajstić information content (AvgIpc) is 2.47. The average molecular weight is 184 g/mol. The number of nitrogens with one attached hydrogen (secondary N) is 1. The summed E-state index contributed by atoms with van der Waals surface area (Å²) in [7, 11) is 0. The maximum atomic E-state index is 5.52. The minimum absolute atomic E-state index is 0. The normalized spacial score (nSPS) is 9.75. The Bertz CT molecular complexity index is 369. The molecule has 2 rings (SSSR count). The third kappa shape index (κ3) is 1.29. The quantitative estimate of drug-likeness (QED) is 0.703. The number of halogens is 1. The van der Waals surface area contributed by atoms with Gasteiger partial charge in [0.1, 0.15) is 0 Å². The number of pyridine rings is 1. The van der Waals surface area contributed by atoms with Crippen LogP contribution >= 0.6 is 12.4 Å². The summed E-state index contributed by atoms with van der Waals surface area (Å²) in [5.74, 6) is 0. The molecule has 3 nitrogen and oxygen atoms in total. The fourth-order valence-electron chi connectivity index (χ4n) is 1.20. The van der Waals surface area contributed by atoms with Crippen molar-refractivity contribution in [1.29, 1.82) is 0 Å². The summed E-state index contributed by atoms with van der Waals surface area (Å²) in [6, 6.07) is 1.97. The van der Waals surface area contributed by atoms with E-state index >= 15 is 0 Å². The zero-order valence-corrected chi connectivity index (χ0v) is 7.27. The van der Waals surface area contributed by atoms with Crippen LogP contribution in [0.2, 0.25) is 0 Å². The van der Waals surface area contributed by atoms with Gasteiger partial charge in [0.25, 0.3) is 0 Å². The molecule has 0 spiro atoms. The van der Waals surface area contributed by atoms with Crippen LogP contribution in [0.15, 0.2) is 24.7 Å². The zero-order chi connectivity index (χ0) is 7.68. The summed E-state index contributed by atoms with van der Waals surface area (Å²) in [6.07, 6.45) is 5.50. The van der Waals surface area contributed by atoms with Gasteiger partial charge in [-0.25, -0.2) is 0 Å². The van der Waals surface area contributed by atoms with E-state index in [0.717, 1.165) is 11.1 Å². The summed E-state index contributed by atoms with van der Waals surface area (Å²) in [4.78, 5) is 7.09. The number of fused-ring (bicyclic) bond motifs is 1. The van der Waals surface area contributed by atoms with Gasteiger partial charge < -0.3 is 10.7 Å². The van der Waals surface area contributed by atoms with Crippen molar-refractivity contribution in [1.82, 2.24) is 9.97 Å². The third-order valence-corrected chi connectivity index (χ3v) is 1.79. The number of hydrogen-bond donors (Lipinski definition) is 2. The van der Waals surface area contributed by atoms with Crippen LogP contribution in [0.1, 0.15) is 5.56 Å². The minimum atomic E-state index is 0. The van der Waals surface area contributed by atoms with Crippen molar-refractivity contribution in [3.8, 4) is 0 Å². The molecule has 64 valence electrons. The van der Waals surface area contributed by atoms with E-state index < -0.39 is 0 Å². The molecular formula is C8H10ClN3. The van der Waals surface area contributed by atoms with E-state index in [0.29, 0.717) is 6.54 Å². The zero-order valence-electron chi connectivity index (χ0n) is 6.45. The molecule has 3 N–H and O–H groups in total. The Morgan fingerprint density at radius 3 is 3.08 bits per heavy atom. The SMILES string of the molecule is Cl.NCc1c[nH]c2cnccc12. The minimum Gasteiger partial charge on any atom is -0.360 e. The third-order valence-electron chi connectivity index (χ3n) is 1.79. The molecule has 0 saturated carbocycles. The van der Waals surface area contributed by atoms with E-state index in [4.69, 9.17) is 5.73 Å². The predicted octanol–water partition coefficient (Wildman–Crippen LogP) is 1.44. The molecule has 0 atom stereocenters. The molecule has 0 aromatic carbocycles. The van der Waals surface area contributed by atoms with Crippen molar-refractivity contribution in [3.05, 3.63) is 30.2 Å². The molecule has 0 unspecified atom stereocenters.